The van der Waals surface area contributed by atoms with Gasteiger partial charge < -0.3 is 10.7 Å². The number of aromatic amines is 1. The molecule has 5 heteroatoms. The van der Waals surface area contributed by atoms with Gasteiger partial charge in [0.05, 0.1) is 0 Å². The van der Waals surface area contributed by atoms with Crippen LogP contribution in [0.5, 0.6) is 0 Å². The monoisotopic (exact) mass is 216 g/mol. The lowest BCUT2D eigenvalue weighted by molar-refractivity contribution is -0.00941. The average molecular weight is 216 g/mol. The van der Waals surface area contributed by atoms with Crippen molar-refractivity contribution in [1.82, 2.24) is 4.98 Å². The Kier molecular flexibility index (Phi) is 3.24. The van der Waals surface area contributed by atoms with E-state index >= 15 is 0 Å². The van der Waals surface area contributed by atoms with Gasteiger partial charge >= 0.3 is 0 Å². The summed E-state index contributed by atoms with van der Waals surface area (Å²) >= 11 is 0. The van der Waals surface area contributed by atoms with Crippen LogP contribution in [0.1, 0.15) is 30.2 Å². The van der Waals surface area contributed by atoms with Crippen molar-refractivity contribution in [3.05, 3.63) is 33.2 Å². The van der Waals surface area contributed by atoms with Gasteiger partial charge in [0.2, 0.25) is 0 Å². The van der Waals surface area contributed by atoms with Crippen LogP contribution in [-0.4, -0.2) is 4.98 Å². The lowest BCUT2D eigenvalue weighted by Crippen LogP contribution is -2.25. The summed E-state index contributed by atoms with van der Waals surface area (Å²) in [5.41, 5.74) is 4.90. The van der Waals surface area contributed by atoms with Gasteiger partial charge in [0, 0.05) is 29.8 Å². The molecule has 0 aliphatic rings. The van der Waals surface area contributed by atoms with Crippen LogP contribution in [0, 0.1) is 6.92 Å². The summed E-state index contributed by atoms with van der Waals surface area (Å²) in [4.78, 5) is 13.8. The van der Waals surface area contributed by atoms with Gasteiger partial charge in [-0.2, -0.15) is 0 Å². The maximum absolute atomic E-state index is 13.5. The topological polar surface area (TPSA) is 58.9 Å². The van der Waals surface area contributed by atoms with E-state index in [0.29, 0.717) is 5.69 Å². The van der Waals surface area contributed by atoms with E-state index in [9.17, 15) is 13.6 Å². The molecule has 0 aliphatic carbocycles. The number of pyridine rings is 1. The smallest absolute Gasteiger partial charge is 0.273 e. The molecule has 0 radical (unpaired) electrons. The van der Waals surface area contributed by atoms with Gasteiger partial charge in [0.15, 0.2) is 0 Å². The minimum absolute atomic E-state index is 0.0348. The second-order valence-electron chi connectivity index (χ2n) is 3.44. The van der Waals surface area contributed by atoms with Crippen LogP contribution < -0.4 is 11.3 Å². The molecule has 0 aromatic carbocycles. The van der Waals surface area contributed by atoms with Gasteiger partial charge in [-0.05, 0) is 13.0 Å². The molecule has 0 atom stereocenters. The van der Waals surface area contributed by atoms with Gasteiger partial charge in [0.25, 0.3) is 11.5 Å². The summed E-state index contributed by atoms with van der Waals surface area (Å²) in [6.45, 7) is 2.76. The molecular formula is C10H14F2N2O. The summed E-state index contributed by atoms with van der Waals surface area (Å²) in [7, 11) is 0. The molecule has 0 aliphatic heterocycles. The highest BCUT2D eigenvalue weighted by molar-refractivity contribution is 5.30. The van der Waals surface area contributed by atoms with Crippen molar-refractivity contribution in [2.24, 2.45) is 5.73 Å². The van der Waals surface area contributed by atoms with E-state index in [0.717, 1.165) is 0 Å². The lowest BCUT2D eigenvalue weighted by Gasteiger charge is -2.17. The highest BCUT2D eigenvalue weighted by Crippen LogP contribution is 2.32. The number of halogens is 2. The number of aromatic nitrogens is 1. The number of alkyl halides is 2. The van der Waals surface area contributed by atoms with Crippen LogP contribution >= 0.6 is 0 Å². The Morgan fingerprint density at radius 2 is 2.13 bits per heavy atom. The third-order valence-corrected chi connectivity index (χ3v) is 2.31. The molecule has 3 nitrogen and oxygen atoms in total. The molecule has 3 N–H and O–H groups in total. The maximum Gasteiger partial charge on any atom is 0.273 e. The van der Waals surface area contributed by atoms with Crippen molar-refractivity contribution in [1.29, 1.82) is 0 Å². The van der Waals surface area contributed by atoms with Gasteiger partial charge in [-0.3, -0.25) is 4.79 Å². The summed E-state index contributed by atoms with van der Waals surface area (Å²) < 4.78 is 27.0. The normalized spacial score (nSPS) is 11.8. The fourth-order valence-electron chi connectivity index (χ4n) is 1.44. The first-order valence-corrected chi connectivity index (χ1v) is 4.73. The van der Waals surface area contributed by atoms with E-state index in [2.05, 4.69) is 4.98 Å². The Morgan fingerprint density at radius 3 is 2.60 bits per heavy atom. The summed E-state index contributed by atoms with van der Waals surface area (Å²) in [5.74, 6) is -2.99. The number of nitrogens with two attached hydrogens (primary N) is 1. The Hall–Kier alpha value is -1.23. The van der Waals surface area contributed by atoms with Crippen LogP contribution in [0.2, 0.25) is 0 Å². The highest BCUT2D eigenvalue weighted by Gasteiger charge is 2.32. The molecule has 0 amide bonds. The zero-order chi connectivity index (χ0) is 11.6. The predicted molar refractivity (Wildman–Crippen MR) is 53.9 cm³/mol. The molecule has 15 heavy (non-hydrogen) atoms. The molecule has 0 spiro atoms. The second kappa shape index (κ2) is 4.10. The molecule has 0 saturated carbocycles. The van der Waals surface area contributed by atoms with Gasteiger partial charge in [-0.1, -0.05) is 6.92 Å². The van der Waals surface area contributed by atoms with Crippen LogP contribution in [0.3, 0.4) is 0 Å². The van der Waals surface area contributed by atoms with Crippen molar-refractivity contribution in [2.75, 3.05) is 0 Å². The summed E-state index contributed by atoms with van der Waals surface area (Å²) in [6, 6.07) is 1.28. The van der Waals surface area contributed by atoms with Crippen molar-refractivity contribution in [2.45, 2.75) is 32.7 Å². The number of aryl methyl sites for hydroxylation is 1. The van der Waals surface area contributed by atoms with E-state index in [1.165, 1.54) is 13.0 Å². The Morgan fingerprint density at radius 1 is 1.53 bits per heavy atom. The zero-order valence-corrected chi connectivity index (χ0v) is 8.73. The fourth-order valence-corrected chi connectivity index (χ4v) is 1.44. The van der Waals surface area contributed by atoms with E-state index in [1.807, 2.05) is 0 Å². The Bertz CT molecular complexity index is 412. The van der Waals surface area contributed by atoms with Crippen LogP contribution in [0.4, 0.5) is 8.78 Å². The number of hydrogen-bond donors (Lipinski definition) is 2. The molecule has 1 rings (SSSR count). The first kappa shape index (κ1) is 11.8. The number of hydrogen-bond acceptors (Lipinski definition) is 2. The van der Waals surface area contributed by atoms with Gasteiger partial charge in [0.1, 0.15) is 0 Å². The van der Waals surface area contributed by atoms with Crippen molar-refractivity contribution >= 4 is 0 Å². The summed E-state index contributed by atoms with van der Waals surface area (Å²) in [5, 5.41) is 0. The molecule has 0 unspecified atom stereocenters. The quantitative estimate of drug-likeness (QED) is 0.807. The van der Waals surface area contributed by atoms with Gasteiger partial charge in [-0.15, -0.1) is 0 Å². The average Bonchev–Trinajstić information content (AvgIpc) is 2.16. The highest BCUT2D eigenvalue weighted by atomic mass is 19.3. The fraction of sp³-hybridized carbons (Fsp3) is 0.500. The molecule has 0 saturated heterocycles. The van der Waals surface area contributed by atoms with E-state index < -0.39 is 11.5 Å². The third-order valence-electron chi connectivity index (χ3n) is 2.31. The molecule has 1 heterocycles. The summed E-state index contributed by atoms with van der Waals surface area (Å²) in [6.07, 6.45) is -0.344. The second-order valence-corrected chi connectivity index (χ2v) is 3.44. The predicted octanol–water partition coefficient (Wildman–Crippen LogP) is 1.64. The molecule has 1 aromatic heterocycles. The van der Waals surface area contributed by atoms with Crippen LogP contribution in [-0.2, 0) is 12.5 Å². The molecule has 1 aromatic rings. The van der Waals surface area contributed by atoms with E-state index in [1.54, 1.807) is 6.92 Å². The number of nitrogens with one attached hydrogen (secondary N) is 1. The first-order valence-electron chi connectivity index (χ1n) is 4.73. The molecule has 0 bridgehead atoms. The third kappa shape index (κ3) is 2.23. The Balaban J connectivity index is 3.46. The van der Waals surface area contributed by atoms with Gasteiger partial charge in [-0.25, -0.2) is 8.78 Å². The SMILES string of the molecule is CCC(F)(F)c1cc(C)[nH]c(=O)c1CN. The van der Waals surface area contributed by atoms with Crippen molar-refractivity contribution in [3.8, 4) is 0 Å². The van der Waals surface area contributed by atoms with E-state index in [4.69, 9.17) is 5.73 Å². The minimum atomic E-state index is -2.99. The van der Waals surface area contributed by atoms with Crippen LogP contribution in [0.25, 0.3) is 0 Å². The maximum atomic E-state index is 13.5. The first-order chi connectivity index (χ1) is 6.92. The van der Waals surface area contributed by atoms with Crippen LogP contribution in [0.15, 0.2) is 10.9 Å². The number of rotatable bonds is 3. The zero-order valence-electron chi connectivity index (χ0n) is 8.73. The number of H-pyrrole nitrogens is 1. The van der Waals surface area contributed by atoms with Crippen molar-refractivity contribution in [3.63, 3.8) is 0 Å². The van der Waals surface area contributed by atoms with Crippen molar-refractivity contribution < 1.29 is 8.78 Å². The lowest BCUT2D eigenvalue weighted by atomic mass is 10.0. The Labute approximate surface area is 86.3 Å². The molecule has 0 fully saturated rings. The molecular weight excluding hydrogens is 202 g/mol. The molecule has 84 valence electrons. The minimum Gasteiger partial charge on any atom is -0.326 e. The largest absolute Gasteiger partial charge is 0.326 e. The standard InChI is InChI=1S/C10H14F2N2O/c1-3-10(11,12)8-4-6(2)14-9(15)7(8)5-13/h4H,3,5,13H2,1-2H3,(H,14,15). The van der Waals surface area contributed by atoms with E-state index in [-0.39, 0.29) is 24.1 Å².